The molecule has 1 aromatic heterocycles. The summed E-state index contributed by atoms with van der Waals surface area (Å²) in [5, 5.41) is 9.05. The minimum atomic E-state index is -0.780. The van der Waals surface area contributed by atoms with Gasteiger partial charge in [-0.3, -0.25) is 4.79 Å². The Labute approximate surface area is 147 Å². The summed E-state index contributed by atoms with van der Waals surface area (Å²) in [4.78, 5) is 13.1. The van der Waals surface area contributed by atoms with Gasteiger partial charge in [-0.15, -0.1) is 0 Å². The molecule has 5 nitrogen and oxygen atoms in total. The minimum Gasteiger partial charge on any atom is -0.497 e. The smallest absolute Gasteiger partial charge is 0.400 e. The molecule has 0 saturated carbocycles. The molecule has 25 heavy (non-hydrogen) atoms. The van der Waals surface area contributed by atoms with Crippen LogP contribution in [0.2, 0.25) is 0 Å². The summed E-state index contributed by atoms with van der Waals surface area (Å²) in [7, 11) is 3.69. The lowest BCUT2D eigenvalue weighted by molar-refractivity contribution is -0.137. The molecule has 3 heterocycles. The van der Waals surface area contributed by atoms with Crippen molar-refractivity contribution in [3.8, 4) is 5.75 Å². The third-order valence-electron chi connectivity index (χ3n) is 4.68. The Bertz CT molecular complexity index is 867. The number of nitrogens with zero attached hydrogens (tertiary/aromatic N) is 2. The van der Waals surface area contributed by atoms with Crippen LogP contribution in [0.15, 0.2) is 60.1 Å². The summed E-state index contributed by atoms with van der Waals surface area (Å²) >= 11 is 0. The standard InChI is InChI=1S/C19H18BN2O3/c1-25-16-7-4-13(5-8-16)17-11-15(6-9-19(23)24)22-18(17)12-14-3-2-10-21(14)20-22/h2-5,7-8,10-12,17H,6,9H2,1H3,(H,23,24). The predicted octanol–water partition coefficient (Wildman–Crippen LogP) is 3.08. The van der Waals surface area contributed by atoms with Gasteiger partial charge in [-0.2, -0.15) is 0 Å². The molecule has 1 N–H and O–H groups in total. The maximum absolute atomic E-state index is 11.0. The number of carbonyl (C=O) groups is 1. The van der Waals surface area contributed by atoms with E-state index in [2.05, 4.69) is 39.6 Å². The number of aliphatic carboxylic acids is 1. The Kier molecular flexibility index (Phi) is 3.88. The first kappa shape index (κ1) is 15.6. The van der Waals surface area contributed by atoms with E-state index in [4.69, 9.17) is 9.84 Å². The van der Waals surface area contributed by atoms with Gasteiger partial charge in [0.2, 0.25) is 0 Å². The molecule has 0 saturated heterocycles. The summed E-state index contributed by atoms with van der Waals surface area (Å²) in [6.07, 6.45) is 6.96. The number of hydrogen-bond donors (Lipinski definition) is 1. The van der Waals surface area contributed by atoms with Crippen molar-refractivity contribution in [1.29, 1.82) is 0 Å². The molecular formula is C19H18BN2O3. The van der Waals surface area contributed by atoms with Gasteiger partial charge >= 0.3 is 13.5 Å². The third-order valence-corrected chi connectivity index (χ3v) is 4.68. The molecule has 2 aromatic rings. The van der Waals surface area contributed by atoms with Gasteiger partial charge in [0.25, 0.3) is 0 Å². The highest BCUT2D eigenvalue weighted by Gasteiger charge is 2.33. The minimum absolute atomic E-state index is 0.106. The largest absolute Gasteiger partial charge is 0.497 e. The molecule has 2 aliphatic rings. The molecule has 0 fully saturated rings. The second-order valence-electron chi connectivity index (χ2n) is 6.20. The molecule has 1 unspecified atom stereocenters. The van der Waals surface area contributed by atoms with Crippen LogP contribution in [0.3, 0.4) is 0 Å². The van der Waals surface area contributed by atoms with E-state index in [0.29, 0.717) is 6.42 Å². The number of aromatic nitrogens is 1. The summed E-state index contributed by atoms with van der Waals surface area (Å²) in [5.74, 6) is 0.152. The first-order valence-electron chi connectivity index (χ1n) is 8.25. The van der Waals surface area contributed by atoms with E-state index in [1.165, 1.54) is 0 Å². The Balaban J connectivity index is 1.71. The van der Waals surface area contributed by atoms with Crippen LogP contribution in [0.4, 0.5) is 0 Å². The average molecular weight is 333 g/mol. The second kappa shape index (κ2) is 6.20. The fraction of sp³-hybridized carbons (Fsp3) is 0.211. The number of benzene rings is 1. The van der Waals surface area contributed by atoms with E-state index in [1.54, 1.807) is 7.11 Å². The van der Waals surface area contributed by atoms with Crippen LogP contribution >= 0.6 is 0 Å². The van der Waals surface area contributed by atoms with E-state index in [9.17, 15) is 4.79 Å². The highest BCUT2D eigenvalue weighted by atomic mass is 16.5. The van der Waals surface area contributed by atoms with Crippen molar-refractivity contribution in [1.82, 2.24) is 9.29 Å². The SMILES string of the molecule is COc1ccc(C2C=C(CCC(=O)O)N3[B]n4cccc4C=C23)cc1. The molecule has 0 spiro atoms. The van der Waals surface area contributed by atoms with E-state index in [0.717, 1.165) is 28.4 Å². The maximum atomic E-state index is 11.0. The zero-order chi connectivity index (χ0) is 17.4. The molecule has 125 valence electrons. The summed E-state index contributed by atoms with van der Waals surface area (Å²) in [5.41, 5.74) is 4.46. The van der Waals surface area contributed by atoms with E-state index in [1.807, 2.05) is 31.9 Å². The molecule has 0 bridgehead atoms. The molecule has 6 heteroatoms. The Morgan fingerprint density at radius 1 is 1.28 bits per heavy atom. The van der Waals surface area contributed by atoms with Crippen LogP contribution in [0.1, 0.15) is 30.0 Å². The molecule has 1 radical (unpaired) electrons. The van der Waals surface area contributed by atoms with E-state index in [-0.39, 0.29) is 12.3 Å². The zero-order valence-corrected chi connectivity index (χ0v) is 13.9. The van der Waals surface area contributed by atoms with Crippen molar-refractivity contribution >= 4 is 19.6 Å². The molecule has 1 aromatic carbocycles. The number of hydrogen-bond acceptors (Lipinski definition) is 3. The summed E-state index contributed by atoms with van der Waals surface area (Å²) in [6.45, 7) is 0. The summed E-state index contributed by atoms with van der Waals surface area (Å²) < 4.78 is 7.30. The van der Waals surface area contributed by atoms with Crippen molar-refractivity contribution in [2.45, 2.75) is 18.8 Å². The van der Waals surface area contributed by atoms with Gasteiger partial charge in [0, 0.05) is 23.0 Å². The first-order chi connectivity index (χ1) is 12.2. The van der Waals surface area contributed by atoms with Crippen LogP contribution in [0.5, 0.6) is 5.75 Å². The number of methoxy groups -OCH3 is 1. The van der Waals surface area contributed by atoms with Crippen molar-refractivity contribution in [3.63, 3.8) is 0 Å². The fourth-order valence-corrected chi connectivity index (χ4v) is 3.40. The molecular weight excluding hydrogens is 315 g/mol. The highest BCUT2D eigenvalue weighted by molar-refractivity contribution is 6.33. The lowest BCUT2D eigenvalue weighted by Gasteiger charge is -2.30. The van der Waals surface area contributed by atoms with Crippen molar-refractivity contribution in [3.05, 3.63) is 71.3 Å². The number of ether oxygens (including phenoxy) is 1. The van der Waals surface area contributed by atoms with Crippen LogP contribution < -0.4 is 4.74 Å². The molecule has 0 aliphatic carbocycles. The molecule has 4 rings (SSSR count). The van der Waals surface area contributed by atoms with Gasteiger partial charge in [0.05, 0.1) is 13.5 Å². The van der Waals surface area contributed by atoms with Crippen LogP contribution in [-0.4, -0.2) is 35.0 Å². The van der Waals surface area contributed by atoms with E-state index >= 15 is 0 Å². The van der Waals surface area contributed by atoms with Crippen molar-refractivity contribution in [2.75, 3.05) is 7.11 Å². The van der Waals surface area contributed by atoms with Gasteiger partial charge in [0.1, 0.15) is 5.75 Å². The number of carboxylic acid groups (broad SMARTS) is 1. The van der Waals surface area contributed by atoms with Gasteiger partial charge < -0.3 is 19.1 Å². The Hall–Kier alpha value is -2.89. The number of allylic oxidation sites excluding steroid dienone is 2. The van der Waals surface area contributed by atoms with Crippen LogP contribution in [0, 0.1) is 0 Å². The first-order valence-corrected chi connectivity index (χ1v) is 8.25. The maximum Gasteiger partial charge on any atom is 0.400 e. The zero-order valence-electron chi connectivity index (χ0n) is 13.9. The monoisotopic (exact) mass is 333 g/mol. The van der Waals surface area contributed by atoms with Gasteiger partial charge in [-0.1, -0.05) is 18.2 Å². The fourth-order valence-electron chi connectivity index (χ4n) is 3.40. The van der Waals surface area contributed by atoms with Crippen LogP contribution in [-0.2, 0) is 4.79 Å². The molecule has 0 amide bonds. The molecule has 1 atom stereocenters. The highest BCUT2D eigenvalue weighted by Crippen LogP contribution is 2.42. The molecule has 2 aliphatic heterocycles. The van der Waals surface area contributed by atoms with Crippen molar-refractivity contribution < 1.29 is 14.6 Å². The number of rotatable bonds is 5. The third kappa shape index (κ3) is 2.84. The van der Waals surface area contributed by atoms with Crippen molar-refractivity contribution in [2.24, 2.45) is 0 Å². The van der Waals surface area contributed by atoms with E-state index < -0.39 is 5.97 Å². The van der Waals surface area contributed by atoms with Gasteiger partial charge in [0.15, 0.2) is 0 Å². The normalized spacial score (nSPS) is 18.0. The Morgan fingerprint density at radius 3 is 2.80 bits per heavy atom. The average Bonchev–Trinajstić information content (AvgIpc) is 3.22. The number of carboxylic acids is 1. The quantitative estimate of drug-likeness (QED) is 0.855. The number of fused-ring (bicyclic) bond motifs is 2. The Morgan fingerprint density at radius 2 is 2.08 bits per heavy atom. The van der Waals surface area contributed by atoms with Gasteiger partial charge in [-0.25, -0.2) is 0 Å². The lowest BCUT2D eigenvalue weighted by atomic mass is 9.92. The predicted molar refractivity (Wildman–Crippen MR) is 96.1 cm³/mol. The lowest BCUT2D eigenvalue weighted by Crippen LogP contribution is -2.33. The van der Waals surface area contributed by atoms with Crippen LogP contribution in [0.25, 0.3) is 6.08 Å². The second-order valence-corrected chi connectivity index (χ2v) is 6.20. The topological polar surface area (TPSA) is 54.7 Å². The van der Waals surface area contributed by atoms with Gasteiger partial charge in [-0.05, 0) is 48.5 Å². The summed E-state index contributed by atoms with van der Waals surface area (Å²) in [6, 6.07) is 12.1.